The number of aromatic nitrogens is 2. The third-order valence-corrected chi connectivity index (χ3v) is 3.68. The minimum atomic E-state index is -0.777. The molecule has 0 radical (unpaired) electrons. The lowest BCUT2D eigenvalue weighted by Crippen LogP contribution is -2.39. The standard InChI is InChI=1S/C19H21N3O4/c1-19(2)25-13-16(26-19)15(11-17-20-9-6-10-21-17)22-18(23)24-12-14-7-4-3-5-8-14/h3-10,13,15H,11-12H2,1-2H3,(H,22,23)/t15-/m1/s1. The van der Waals surface area contributed by atoms with Crippen molar-refractivity contribution in [1.82, 2.24) is 15.3 Å². The van der Waals surface area contributed by atoms with Gasteiger partial charge in [-0.1, -0.05) is 30.3 Å². The average molecular weight is 355 g/mol. The fraction of sp³-hybridized carbons (Fsp3) is 0.316. The second-order valence-corrected chi connectivity index (χ2v) is 6.27. The Labute approximate surface area is 152 Å². The first-order valence-corrected chi connectivity index (χ1v) is 8.32. The van der Waals surface area contributed by atoms with Crippen molar-refractivity contribution in [3.8, 4) is 0 Å². The monoisotopic (exact) mass is 355 g/mol. The molecule has 7 nitrogen and oxygen atoms in total. The quantitative estimate of drug-likeness (QED) is 0.858. The molecule has 1 aliphatic rings. The van der Waals surface area contributed by atoms with E-state index in [1.165, 1.54) is 6.26 Å². The zero-order chi connectivity index (χ0) is 18.4. The van der Waals surface area contributed by atoms with Crippen LogP contribution in [-0.2, 0) is 27.2 Å². The van der Waals surface area contributed by atoms with Crippen molar-refractivity contribution in [2.45, 2.75) is 38.7 Å². The molecule has 1 amide bonds. The van der Waals surface area contributed by atoms with Crippen LogP contribution in [-0.4, -0.2) is 27.9 Å². The lowest BCUT2D eigenvalue weighted by Gasteiger charge is -2.22. The van der Waals surface area contributed by atoms with E-state index in [2.05, 4.69) is 15.3 Å². The van der Waals surface area contributed by atoms with Gasteiger partial charge >= 0.3 is 6.09 Å². The summed E-state index contributed by atoms with van der Waals surface area (Å²) in [5.74, 6) is 0.301. The molecule has 1 aromatic heterocycles. The Kier molecular flexibility index (Phi) is 5.36. The Morgan fingerprint density at radius 2 is 1.92 bits per heavy atom. The number of nitrogens with zero attached hydrogens (tertiary/aromatic N) is 2. The normalized spacial score (nSPS) is 16.0. The predicted octanol–water partition coefficient (Wildman–Crippen LogP) is 2.94. The van der Waals surface area contributed by atoms with E-state index in [0.29, 0.717) is 18.0 Å². The number of carbonyl (C=O) groups is 1. The molecule has 0 fully saturated rings. The van der Waals surface area contributed by atoms with Gasteiger partial charge in [0.2, 0.25) is 5.79 Å². The summed E-state index contributed by atoms with van der Waals surface area (Å²) in [5.41, 5.74) is 0.909. The molecule has 0 spiro atoms. The van der Waals surface area contributed by atoms with Gasteiger partial charge in [-0.3, -0.25) is 0 Å². The topological polar surface area (TPSA) is 82.6 Å². The van der Waals surface area contributed by atoms with Crippen LogP contribution in [0.1, 0.15) is 25.2 Å². The van der Waals surface area contributed by atoms with E-state index >= 15 is 0 Å². The molecule has 26 heavy (non-hydrogen) atoms. The van der Waals surface area contributed by atoms with E-state index in [1.807, 2.05) is 30.3 Å². The third kappa shape index (κ3) is 4.95. The molecular weight excluding hydrogens is 334 g/mol. The van der Waals surface area contributed by atoms with Crippen molar-refractivity contribution in [2.75, 3.05) is 0 Å². The summed E-state index contributed by atoms with van der Waals surface area (Å²) in [5, 5.41) is 2.80. The second kappa shape index (κ2) is 7.86. The van der Waals surface area contributed by atoms with E-state index in [9.17, 15) is 4.79 Å². The molecule has 1 N–H and O–H groups in total. The Morgan fingerprint density at radius 1 is 1.19 bits per heavy atom. The van der Waals surface area contributed by atoms with Gasteiger partial charge in [0.25, 0.3) is 0 Å². The van der Waals surface area contributed by atoms with Crippen LogP contribution in [0.5, 0.6) is 0 Å². The summed E-state index contributed by atoms with van der Waals surface area (Å²) >= 11 is 0. The minimum Gasteiger partial charge on any atom is -0.457 e. The molecule has 0 bridgehead atoms. The summed E-state index contributed by atoms with van der Waals surface area (Å²) in [6, 6.07) is 10.7. The van der Waals surface area contributed by atoms with Crippen LogP contribution in [0.2, 0.25) is 0 Å². The van der Waals surface area contributed by atoms with Crippen LogP contribution in [0.3, 0.4) is 0 Å². The van der Waals surface area contributed by atoms with Gasteiger partial charge in [-0.2, -0.15) is 0 Å². The molecule has 2 heterocycles. The number of ether oxygens (including phenoxy) is 3. The molecule has 3 rings (SSSR count). The highest BCUT2D eigenvalue weighted by Crippen LogP contribution is 2.27. The molecule has 1 atom stereocenters. The molecule has 1 aromatic carbocycles. The number of hydrogen-bond donors (Lipinski definition) is 1. The number of benzene rings is 1. The first-order chi connectivity index (χ1) is 12.5. The largest absolute Gasteiger partial charge is 0.457 e. The highest BCUT2D eigenvalue weighted by Gasteiger charge is 2.33. The molecule has 0 saturated heterocycles. The SMILES string of the molecule is CC1(C)OC=C([C@@H](Cc2ncccn2)NC(=O)OCc2ccccc2)O1. The van der Waals surface area contributed by atoms with Crippen molar-refractivity contribution >= 4 is 6.09 Å². The summed E-state index contributed by atoms with van der Waals surface area (Å²) < 4.78 is 16.5. The van der Waals surface area contributed by atoms with E-state index in [0.717, 1.165) is 5.56 Å². The fourth-order valence-electron chi connectivity index (χ4n) is 2.43. The zero-order valence-electron chi connectivity index (χ0n) is 14.7. The lowest BCUT2D eigenvalue weighted by atomic mass is 10.1. The van der Waals surface area contributed by atoms with Gasteiger partial charge in [0.15, 0.2) is 5.76 Å². The van der Waals surface area contributed by atoms with E-state index < -0.39 is 17.9 Å². The fourth-order valence-corrected chi connectivity index (χ4v) is 2.43. The van der Waals surface area contributed by atoms with Crippen molar-refractivity contribution in [1.29, 1.82) is 0 Å². The lowest BCUT2D eigenvalue weighted by molar-refractivity contribution is -0.119. The molecule has 136 valence electrons. The van der Waals surface area contributed by atoms with Gasteiger partial charge in [-0.25, -0.2) is 14.8 Å². The van der Waals surface area contributed by atoms with Gasteiger partial charge in [0, 0.05) is 32.7 Å². The summed E-state index contributed by atoms with van der Waals surface area (Å²) in [7, 11) is 0. The number of nitrogens with one attached hydrogen (secondary N) is 1. The number of alkyl carbamates (subject to hydrolysis) is 1. The number of hydrogen-bond acceptors (Lipinski definition) is 6. The van der Waals surface area contributed by atoms with E-state index in [-0.39, 0.29) is 6.61 Å². The van der Waals surface area contributed by atoms with Gasteiger partial charge in [0.1, 0.15) is 24.7 Å². The third-order valence-electron chi connectivity index (χ3n) is 3.68. The molecule has 0 aliphatic carbocycles. The summed E-state index contributed by atoms with van der Waals surface area (Å²) in [6.45, 7) is 3.77. The van der Waals surface area contributed by atoms with Gasteiger partial charge in [-0.15, -0.1) is 0 Å². The number of carbonyl (C=O) groups excluding carboxylic acids is 1. The van der Waals surface area contributed by atoms with Crippen molar-refractivity contribution in [3.63, 3.8) is 0 Å². The Hall–Kier alpha value is -3.09. The molecule has 0 unspecified atom stereocenters. The van der Waals surface area contributed by atoms with Crippen LogP contribution in [0, 0.1) is 0 Å². The maximum Gasteiger partial charge on any atom is 0.408 e. The van der Waals surface area contributed by atoms with E-state index in [4.69, 9.17) is 14.2 Å². The average Bonchev–Trinajstić information content (AvgIpc) is 3.01. The minimum absolute atomic E-state index is 0.184. The van der Waals surface area contributed by atoms with Gasteiger partial charge < -0.3 is 19.5 Å². The zero-order valence-corrected chi connectivity index (χ0v) is 14.7. The number of amides is 1. The highest BCUT2D eigenvalue weighted by atomic mass is 16.7. The first kappa shape index (κ1) is 17.7. The van der Waals surface area contributed by atoms with Crippen molar-refractivity contribution in [2.24, 2.45) is 0 Å². The molecule has 7 heteroatoms. The van der Waals surface area contributed by atoms with Crippen molar-refractivity contribution < 1.29 is 19.0 Å². The van der Waals surface area contributed by atoms with E-state index in [1.54, 1.807) is 32.3 Å². The van der Waals surface area contributed by atoms with Crippen LogP contribution in [0.4, 0.5) is 4.79 Å². The molecule has 0 saturated carbocycles. The van der Waals surface area contributed by atoms with Crippen LogP contribution < -0.4 is 5.32 Å². The molecular formula is C19H21N3O4. The second-order valence-electron chi connectivity index (χ2n) is 6.27. The smallest absolute Gasteiger partial charge is 0.408 e. The Bertz CT molecular complexity index is 763. The summed E-state index contributed by atoms with van der Waals surface area (Å²) in [6.07, 6.45) is 4.61. The van der Waals surface area contributed by atoms with Crippen molar-refractivity contribution in [3.05, 3.63) is 72.2 Å². The van der Waals surface area contributed by atoms with Crippen LogP contribution in [0.25, 0.3) is 0 Å². The molecule has 2 aromatic rings. The summed E-state index contributed by atoms with van der Waals surface area (Å²) in [4.78, 5) is 20.6. The Morgan fingerprint density at radius 3 is 2.58 bits per heavy atom. The first-order valence-electron chi connectivity index (χ1n) is 8.32. The predicted molar refractivity (Wildman–Crippen MR) is 93.6 cm³/mol. The molecule has 1 aliphatic heterocycles. The van der Waals surface area contributed by atoms with Crippen LogP contribution >= 0.6 is 0 Å². The number of rotatable bonds is 6. The Balaban J connectivity index is 1.64. The maximum atomic E-state index is 12.2. The highest BCUT2D eigenvalue weighted by molar-refractivity contribution is 5.68. The van der Waals surface area contributed by atoms with Gasteiger partial charge in [-0.05, 0) is 11.6 Å². The van der Waals surface area contributed by atoms with Gasteiger partial charge in [0.05, 0.1) is 0 Å². The maximum absolute atomic E-state index is 12.2. The van der Waals surface area contributed by atoms with Crippen LogP contribution in [0.15, 0.2) is 60.8 Å².